The average Bonchev–Trinajstić information content (AvgIpc) is 3.16. The summed E-state index contributed by atoms with van der Waals surface area (Å²) in [6, 6.07) is 5.68. The minimum absolute atomic E-state index is 0.237. The zero-order valence-corrected chi connectivity index (χ0v) is 16.6. The van der Waals surface area contributed by atoms with E-state index < -0.39 is 18.0 Å². The summed E-state index contributed by atoms with van der Waals surface area (Å²) in [5.74, 6) is 0.393. The number of aliphatic hydroxyl groups is 1. The van der Waals surface area contributed by atoms with Gasteiger partial charge in [-0.1, -0.05) is 18.2 Å². The van der Waals surface area contributed by atoms with Gasteiger partial charge in [0.1, 0.15) is 12.1 Å². The third kappa shape index (κ3) is 3.93. The zero-order valence-electron chi connectivity index (χ0n) is 16.6. The molecule has 1 fully saturated rings. The van der Waals surface area contributed by atoms with Gasteiger partial charge in [-0.15, -0.1) is 10.2 Å². The van der Waals surface area contributed by atoms with E-state index in [9.17, 15) is 23.1 Å². The van der Waals surface area contributed by atoms with Crippen LogP contribution in [0.4, 0.5) is 13.2 Å². The molecule has 1 unspecified atom stereocenters. The van der Waals surface area contributed by atoms with Crippen LogP contribution in [0.2, 0.25) is 0 Å². The molecular weight excluding hydrogens is 399 g/mol. The summed E-state index contributed by atoms with van der Waals surface area (Å²) in [6.45, 7) is 3.92. The predicted molar refractivity (Wildman–Crippen MR) is 101 cm³/mol. The lowest BCUT2D eigenvalue weighted by atomic mass is 9.86. The van der Waals surface area contributed by atoms with Crippen LogP contribution in [-0.2, 0) is 19.3 Å². The van der Waals surface area contributed by atoms with Crippen molar-refractivity contribution in [3.63, 3.8) is 0 Å². The van der Waals surface area contributed by atoms with Crippen molar-refractivity contribution >= 4 is 5.91 Å². The van der Waals surface area contributed by atoms with E-state index in [0.29, 0.717) is 57.0 Å². The maximum Gasteiger partial charge on any atom is 0.416 e. The Bertz CT molecular complexity index is 919. The Labute approximate surface area is 172 Å². The fourth-order valence-corrected chi connectivity index (χ4v) is 4.30. The number of rotatable bonds is 3. The SMILES string of the molecule is CC(O)N1CCn2c(nnc2C(=O)N2CCC(c3ccccc3C(F)(F)F)CC2)C1. The maximum atomic E-state index is 13.3. The number of aromatic nitrogens is 3. The maximum absolute atomic E-state index is 13.3. The Morgan fingerprint density at radius 1 is 1.13 bits per heavy atom. The molecule has 4 rings (SSSR count). The molecule has 1 atom stereocenters. The summed E-state index contributed by atoms with van der Waals surface area (Å²) in [5.41, 5.74) is -0.292. The topological polar surface area (TPSA) is 74.5 Å². The molecule has 3 heterocycles. The van der Waals surface area contributed by atoms with Crippen molar-refractivity contribution in [2.24, 2.45) is 0 Å². The van der Waals surface area contributed by atoms with Crippen molar-refractivity contribution in [3.05, 3.63) is 47.0 Å². The number of fused-ring (bicyclic) bond motifs is 1. The summed E-state index contributed by atoms with van der Waals surface area (Å²) in [7, 11) is 0. The average molecular weight is 423 g/mol. The first kappa shape index (κ1) is 20.8. The molecule has 0 bridgehead atoms. The largest absolute Gasteiger partial charge is 0.416 e. The number of carbonyl (C=O) groups is 1. The highest BCUT2D eigenvalue weighted by atomic mass is 19.4. The van der Waals surface area contributed by atoms with Crippen molar-refractivity contribution in [2.45, 2.75) is 51.2 Å². The van der Waals surface area contributed by atoms with E-state index in [0.717, 1.165) is 6.07 Å². The van der Waals surface area contributed by atoms with Crippen LogP contribution in [-0.4, -0.2) is 61.4 Å². The second kappa shape index (κ2) is 7.99. The van der Waals surface area contributed by atoms with Crippen molar-refractivity contribution in [2.75, 3.05) is 19.6 Å². The third-order valence-corrected chi connectivity index (χ3v) is 5.99. The molecule has 10 heteroatoms. The molecule has 162 valence electrons. The highest BCUT2D eigenvalue weighted by molar-refractivity contribution is 5.90. The van der Waals surface area contributed by atoms with Crippen molar-refractivity contribution in [1.29, 1.82) is 0 Å². The molecule has 2 aliphatic heterocycles. The highest BCUT2D eigenvalue weighted by Gasteiger charge is 2.37. The molecule has 1 aromatic heterocycles. The van der Waals surface area contributed by atoms with Gasteiger partial charge in [-0.2, -0.15) is 13.2 Å². The molecule has 1 N–H and O–H groups in total. The Kier molecular flexibility index (Phi) is 5.54. The van der Waals surface area contributed by atoms with E-state index in [1.54, 1.807) is 22.5 Å². The van der Waals surface area contributed by atoms with Gasteiger partial charge in [0.05, 0.1) is 12.1 Å². The Morgan fingerprint density at radius 2 is 1.83 bits per heavy atom. The van der Waals surface area contributed by atoms with E-state index in [4.69, 9.17) is 0 Å². The number of piperidine rings is 1. The first-order valence-electron chi connectivity index (χ1n) is 10.1. The van der Waals surface area contributed by atoms with Crippen LogP contribution >= 0.6 is 0 Å². The highest BCUT2D eigenvalue weighted by Crippen LogP contribution is 2.38. The van der Waals surface area contributed by atoms with Crippen LogP contribution in [0.15, 0.2) is 24.3 Å². The number of hydrogen-bond donors (Lipinski definition) is 1. The first-order valence-corrected chi connectivity index (χ1v) is 10.1. The fourth-order valence-electron chi connectivity index (χ4n) is 4.30. The molecule has 0 radical (unpaired) electrons. The van der Waals surface area contributed by atoms with Gasteiger partial charge in [0, 0.05) is 26.2 Å². The minimum Gasteiger partial charge on any atom is -0.379 e. The van der Waals surface area contributed by atoms with E-state index in [1.807, 2.05) is 4.90 Å². The summed E-state index contributed by atoms with van der Waals surface area (Å²) >= 11 is 0. The lowest BCUT2D eigenvalue weighted by Gasteiger charge is -2.33. The Hall–Kier alpha value is -2.46. The molecule has 0 aliphatic carbocycles. The second-order valence-corrected chi connectivity index (χ2v) is 7.85. The van der Waals surface area contributed by atoms with Gasteiger partial charge >= 0.3 is 6.18 Å². The van der Waals surface area contributed by atoms with Gasteiger partial charge in [-0.3, -0.25) is 9.69 Å². The van der Waals surface area contributed by atoms with Gasteiger partial charge < -0.3 is 14.6 Å². The van der Waals surface area contributed by atoms with Gasteiger partial charge in [-0.05, 0) is 37.3 Å². The summed E-state index contributed by atoms with van der Waals surface area (Å²) in [5, 5.41) is 17.9. The number of alkyl halides is 3. The lowest BCUT2D eigenvalue weighted by Crippen LogP contribution is -2.42. The summed E-state index contributed by atoms with van der Waals surface area (Å²) < 4.78 is 41.8. The predicted octanol–water partition coefficient (Wildman–Crippen LogP) is 2.47. The standard InChI is InChI=1S/C20H24F3N5O2/c1-13(29)27-10-11-28-17(12-27)24-25-18(28)19(30)26-8-6-14(7-9-26)15-4-2-3-5-16(15)20(21,22)23/h2-5,13-14,29H,6-12H2,1H3. The van der Waals surface area contributed by atoms with Gasteiger partial charge in [0.25, 0.3) is 5.91 Å². The van der Waals surface area contributed by atoms with Crippen molar-refractivity contribution in [3.8, 4) is 0 Å². The molecule has 7 nitrogen and oxygen atoms in total. The number of carbonyl (C=O) groups excluding carboxylic acids is 1. The molecule has 0 saturated carbocycles. The fraction of sp³-hybridized carbons (Fsp3) is 0.550. The number of amides is 1. The summed E-state index contributed by atoms with van der Waals surface area (Å²) in [4.78, 5) is 16.5. The number of likely N-dealkylation sites (tertiary alicyclic amines) is 1. The number of nitrogens with zero attached hydrogens (tertiary/aromatic N) is 5. The van der Waals surface area contributed by atoms with Crippen LogP contribution < -0.4 is 0 Å². The van der Waals surface area contributed by atoms with E-state index in [2.05, 4.69) is 10.2 Å². The molecule has 2 aliphatic rings. The van der Waals surface area contributed by atoms with Crippen LogP contribution in [0.25, 0.3) is 0 Å². The quantitative estimate of drug-likeness (QED) is 0.821. The van der Waals surface area contributed by atoms with Gasteiger partial charge in [-0.25, -0.2) is 0 Å². The number of benzene rings is 1. The molecule has 2 aromatic rings. The van der Waals surface area contributed by atoms with E-state index in [1.165, 1.54) is 12.1 Å². The minimum atomic E-state index is -4.38. The van der Waals surface area contributed by atoms with Gasteiger partial charge in [0.15, 0.2) is 0 Å². The van der Waals surface area contributed by atoms with E-state index in [-0.39, 0.29) is 17.6 Å². The normalized spacial score (nSPS) is 19.6. The Morgan fingerprint density at radius 3 is 2.50 bits per heavy atom. The third-order valence-electron chi connectivity index (χ3n) is 5.99. The number of halogens is 3. The molecule has 1 saturated heterocycles. The molecule has 30 heavy (non-hydrogen) atoms. The van der Waals surface area contributed by atoms with Crippen LogP contribution in [0.3, 0.4) is 0 Å². The van der Waals surface area contributed by atoms with Crippen LogP contribution in [0, 0.1) is 0 Å². The molecule has 1 aromatic carbocycles. The monoisotopic (exact) mass is 423 g/mol. The molecule has 0 spiro atoms. The second-order valence-electron chi connectivity index (χ2n) is 7.85. The van der Waals surface area contributed by atoms with E-state index >= 15 is 0 Å². The smallest absolute Gasteiger partial charge is 0.379 e. The lowest BCUT2D eigenvalue weighted by molar-refractivity contribution is -0.138. The van der Waals surface area contributed by atoms with Crippen molar-refractivity contribution in [1.82, 2.24) is 24.6 Å². The zero-order chi connectivity index (χ0) is 21.5. The molecule has 1 amide bonds. The number of aliphatic hydroxyl groups excluding tert-OH is 1. The summed E-state index contributed by atoms with van der Waals surface area (Å²) in [6.07, 6.45) is -4.05. The first-order chi connectivity index (χ1) is 14.3. The molecular formula is C20H24F3N5O2. The van der Waals surface area contributed by atoms with Crippen LogP contribution in [0.5, 0.6) is 0 Å². The van der Waals surface area contributed by atoms with Gasteiger partial charge in [0.2, 0.25) is 5.82 Å². The number of hydrogen-bond acceptors (Lipinski definition) is 5. The van der Waals surface area contributed by atoms with Crippen LogP contribution in [0.1, 0.15) is 53.3 Å². The Balaban J connectivity index is 1.44. The van der Waals surface area contributed by atoms with Crippen molar-refractivity contribution < 1.29 is 23.1 Å².